The van der Waals surface area contributed by atoms with E-state index in [1.165, 1.54) is 38.9 Å². The van der Waals surface area contributed by atoms with Gasteiger partial charge in [-0.05, 0) is 116 Å². The molecule has 4 rings (SSSR count). The van der Waals surface area contributed by atoms with E-state index >= 15 is 0 Å². The van der Waals surface area contributed by atoms with Gasteiger partial charge in [0.2, 0.25) is 0 Å². The van der Waals surface area contributed by atoms with Crippen LogP contribution in [0.1, 0.15) is 72.2 Å². The summed E-state index contributed by atoms with van der Waals surface area (Å²) in [6.45, 7) is 17.4. The van der Waals surface area contributed by atoms with Crippen molar-refractivity contribution in [1.29, 1.82) is 0 Å². The summed E-state index contributed by atoms with van der Waals surface area (Å²) in [5.41, 5.74) is 10.9. The summed E-state index contributed by atoms with van der Waals surface area (Å²) in [7, 11) is 0. The maximum Gasteiger partial charge on any atom is 0.148 e. The van der Waals surface area contributed by atoms with Gasteiger partial charge in [-0.3, -0.25) is 0 Å². The number of rotatable bonds is 6. The molecule has 0 N–H and O–H groups in total. The van der Waals surface area contributed by atoms with Crippen LogP contribution in [0, 0.1) is 40.0 Å². The first-order valence-corrected chi connectivity index (χ1v) is 16.0. The number of aryl methyl sites for hydroxylation is 6. The number of hydrogen-bond acceptors (Lipinski definition) is 1. The lowest BCUT2D eigenvalue weighted by atomic mass is 9.99. The molecule has 4 aromatic rings. The molecule has 0 saturated heterocycles. The maximum absolute atomic E-state index is 5.86. The summed E-state index contributed by atoms with van der Waals surface area (Å²) < 4.78 is 5.20. The van der Waals surface area contributed by atoms with E-state index in [0.717, 1.165) is 36.3 Å². The molecular formula is C39H47Cl3O. The number of terminal acetylenes is 1. The summed E-state index contributed by atoms with van der Waals surface area (Å²) in [5, 5.41) is 1.98. The first kappa shape index (κ1) is 38.1. The molecule has 230 valence electrons. The molecule has 0 spiro atoms. The molecule has 0 bridgehead atoms. The SMILES string of the molecule is C#CCOc1cc(C)c(Cl)cc1Cl.CCc1cccc(C)c1C.CCc1cccc(CC)c1C.CCc1ccccc1Cl. The smallest absolute Gasteiger partial charge is 0.148 e. The van der Waals surface area contributed by atoms with Gasteiger partial charge in [-0.15, -0.1) is 6.42 Å². The fourth-order valence-corrected chi connectivity index (χ4v) is 5.05. The minimum atomic E-state index is 0.209. The standard InChI is InChI=1S/C11H16.C10H8Cl2O.C10H14.C8H9Cl/c1-4-10-7-6-8-11(5-2)9(10)3;1-3-4-13-10-5-7(2)8(11)6-9(10)12;1-4-10-7-5-6-8(2)9(10)3;1-2-7-5-3-4-6-8(7)9/h6-8H,4-5H2,1-3H3;1,5-6H,4H2,2H3;5-7H,4H2,1-3H3;3-6H,2H2,1H3. The van der Waals surface area contributed by atoms with E-state index in [2.05, 4.69) is 90.8 Å². The van der Waals surface area contributed by atoms with Crippen molar-refractivity contribution in [2.75, 3.05) is 6.61 Å². The van der Waals surface area contributed by atoms with Gasteiger partial charge in [-0.25, -0.2) is 0 Å². The largest absolute Gasteiger partial charge is 0.479 e. The number of ether oxygens (including phenoxy) is 1. The average molecular weight is 638 g/mol. The highest BCUT2D eigenvalue weighted by Crippen LogP contribution is 2.30. The van der Waals surface area contributed by atoms with Crippen molar-refractivity contribution >= 4 is 34.8 Å². The number of hydrogen-bond donors (Lipinski definition) is 0. The van der Waals surface area contributed by atoms with E-state index in [-0.39, 0.29) is 6.61 Å². The van der Waals surface area contributed by atoms with E-state index in [4.69, 9.17) is 46.0 Å². The highest BCUT2D eigenvalue weighted by atomic mass is 35.5. The van der Waals surface area contributed by atoms with Crippen LogP contribution in [0.5, 0.6) is 5.75 Å². The second kappa shape index (κ2) is 20.9. The number of benzene rings is 4. The van der Waals surface area contributed by atoms with Crippen molar-refractivity contribution in [3.63, 3.8) is 0 Å². The topological polar surface area (TPSA) is 9.23 Å². The fraction of sp³-hybridized carbons (Fsp3) is 0.333. The van der Waals surface area contributed by atoms with Gasteiger partial charge in [-0.1, -0.05) is 123 Å². The quantitative estimate of drug-likeness (QED) is 0.191. The molecule has 0 aliphatic carbocycles. The first-order valence-electron chi connectivity index (χ1n) is 14.9. The third-order valence-corrected chi connectivity index (χ3v) is 8.35. The van der Waals surface area contributed by atoms with Crippen LogP contribution in [-0.2, 0) is 25.7 Å². The van der Waals surface area contributed by atoms with Crippen LogP contribution < -0.4 is 4.74 Å². The fourth-order valence-electron chi connectivity index (χ4n) is 4.34. The van der Waals surface area contributed by atoms with Crippen LogP contribution >= 0.6 is 34.8 Å². The Morgan fingerprint density at radius 2 is 1.05 bits per heavy atom. The van der Waals surface area contributed by atoms with Crippen LogP contribution in [0.25, 0.3) is 0 Å². The van der Waals surface area contributed by atoms with E-state index in [0.29, 0.717) is 15.8 Å². The highest BCUT2D eigenvalue weighted by molar-refractivity contribution is 6.36. The molecule has 1 nitrogen and oxygen atoms in total. The van der Waals surface area contributed by atoms with Gasteiger partial charge in [0.25, 0.3) is 0 Å². The van der Waals surface area contributed by atoms with Crippen molar-refractivity contribution in [2.45, 2.75) is 81.1 Å². The molecule has 0 saturated carbocycles. The molecule has 0 fully saturated rings. The molecule has 0 aliphatic heterocycles. The van der Waals surface area contributed by atoms with Crippen LogP contribution in [0.15, 0.2) is 72.8 Å². The minimum absolute atomic E-state index is 0.209. The van der Waals surface area contributed by atoms with Crippen molar-refractivity contribution in [3.8, 4) is 18.1 Å². The van der Waals surface area contributed by atoms with Crippen molar-refractivity contribution in [3.05, 3.63) is 132 Å². The van der Waals surface area contributed by atoms with E-state index in [9.17, 15) is 0 Å². The normalized spacial score (nSPS) is 9.72. The van der Waals surface area contributed by atoms with Gasteiger partial charge in [0.05, 0.1) is 5.02 Å². The van der Waals surface area contributed by atoms with Crippen molar-refractivity contribution < 1.29 is 4.74 Å². The lowest BCUT2D eigenvalue weighted by molar-refractivity contribution is 0.370. The molecule has 0 atom stereocenters. The second-order valence-electron chi connectivity index (χ2n) is 10.1. The van der Waals surface area contributed by atoms with E-state index < -0.39 is 0 Å². The minimum Gasteiger partial charge on any atom is -0.479 e. The first-order chi connectivity index (χ1) is 20.5. The predicted molar refractivity (Wildman–Crippen MR) is 192 cm³/mol. The predicted octanol–water partition coefficient (Wildman–Crippen LogP) is 12.2. The molecule has 0 aromatic heterocycles. The number of halogens is 3. The Morgan fingerprint density at radius 3 is 1.51 bits per heavy atom. The maximum atomic E-state index is 5.86. The van der Waals surface area contributed by atoms with Gasteiger partial charge in [-0.2, -0.15) is 0 Å². The lowest BCUT2D eigenvalue weighted by Gasteiger charge is -2.06. The highest BCUT2D eigenvalue weighted by Gasteiger charge is 2.04. The van der Waals surface area contributed by atoms with Gasteiger partial charge >= 0.3 is 0 Å². The lowest BCUT2D eigenvalue weighted by Crippen LogP contribution is -1.94. The zero-order valence-corrected chi connectivity index (χ0v) is 29.4. The van der Waals surface area contributed by atoms with Crippen LogP contribution in [0.2, 0.25) is 15.1 Å². The zero-order valence-electron chi connectivity index (χ0n) is 27.1. The van der Waals surface area contributed by atoms with Gasteiger partial charge in [0, 0.05) is 10.0 Å². The van der Waals surface area contributed by atoms with Crippen LogP contribution in [0.4, 0.5) is 0 Å². The van der Waals surface area contributed by atoms with Gasteiger partial charge in [0.15, 0.2) is 0 Å². The summed E-state index contributed by atoms with van der Waals surface area (Å²) >= 11 is 17.5. The molecule has 4 aromatic carbocycles. The zero-order chi connectivity index (χ0) is 32.4. The molecule has 0 radical (unpaired) electrons. The Kier molecular flexibility index (Phi) is 18.6. The van der Waals surface area contributed by atoms with E-state index in [1.54, 1.807) is 12.1 Å². The molecular weight excluding hydrogens is 591 g/mol. The Morgan fingerprint density at radius 1 is 0.558 bits per heavy atom. The van der Waals surface area contributed by atoms with Crippen molar-refractivity contribution in [1.82, 2.24) is 0 Å². The van der Waals surface area contributed by atoms with Crippen LogP contribution in [0.3, 0.4) is 0 Å². The molecule has 0 unspecified atom stereocenters. The summed E-state index contributed by atoms with van der Waals surface area (Å²) in [6.07, 6.45) is 9.52. The van der Waals surface area contributed by atoms with Crippen LogP contribution in [-0.4, -0.2) is 6.61 Å². The van der Waals surface area contributed by atoms with Gasteiger partial charge < -0.3 is 4.74 Å². The third kappa shape index (κ3) is 13.1. The molecule has 0 heterocycles. The van der Waals surface area contributed by atoms with Gasteiger partial charge in [0.1, 0.15) is 12.4 Å². The molecule has 43 heavy (non-hydrogen) atoms. The average Bonchev–Trinajstić information content (AvgIpc) is 3.01. The third-order valence-electron chi connectivity index (χ3n) is 7.28. The molecule has 4 heteroatoms. The summed E-state index contributed by atoms with van der Waals surface area (Å²) in [6, 6.07) is 24.4. The Labute approximate surface area is 276 Å². The van der Waals surface area contributed by atoms with Crippen molar-refractivity contribution in [2.24, 2.45) is 0 Å². The Balaban J connectivity index is 0.000000289. The monoisotopic (exact) mass is 636 g/mol. The molecule has 0 aliphatic rings. The second-order valence-corrected chi connectivity index (χ2v) is 11.3. The Hall–Kier alpha value is -2.89. The summed E-state index contributed by atoms with van der Waals surface area (Å²) in [5.74, 6) is 2.93. The summed E-state index contributed by atoms with van der Waals surface area (Å²) in [4.78, 5) is 0. The molecule has 0 amide bonds. The van der Waals surface area contributed by atoms with E-state index in [1.807, 2.05) is 31.2 Å². The Bertz CT molecular complexity index is 1430.